The number of phosphoric acid groups is 1. The smallest absolute Gasteiger partial charge is 0.404 e. The summed E-state index contributed by atoms with van der Waals surface area (Å²) >= 11 is 0. The molecule has 1 rings (SSSR count). The van der Waals surface area contributed by atoms with Crippen LogP contribution in [0.4, 0.5) is 0 Å². The van der Waals surface area contributed by atoms with E-state index in [-0.39, 0.29) is 18.0 Å². The Bertz CT molecular complexity index is 571. The second-order valence-corrected chi connectivity index (χ2v) is 6.96. The molecule has 1 aromatic carbocycles. The van der Waals surface area contributed by atoms with Crippen LogP contribution in [-0.4, -0.2) is 15.6 Å². The summed E-state index contributed by atoms with van der Waals surface area (Å²) in [5.74, 6) is 0.152. The van der Waals surface area contributed by atoms with Crippen molar-refractivity contribution in [2.75, 3.05) is 0 Å². The van der Waals surface area contributed by atoms with Crippen molar-refractivity contribution in [1.82, 2.24) is 0 Å². The number of benzene rings is 1. The van der Waals surface area contributed by atoms with Gasteiger partial charge in [-0.1, -0.05) is 19.9 Å². The molecule has 0 unspecified atom stereocenters. The van der Waals surface area contributed by atoms with E-state index in [1.54, 1.807) is 6.07 Å². The molecule has 20 heavy (non-hydrogen) atoms. The Balaban J connectivity index is 3.43. The summed E-state index contributed by atoms with van der Waals surface area (Å²) in [6, 6.07) is 3.49. The maximum Gasteiger partial charge on any atom is 0.524 e. The summed E-state index contributed by atoms with van der Waals surface area (Å²) in [7, 11) is -4.64. The molecule has 0 atom stereocenters. The maximum absolute atomic E-state index is 11.4. The van der Waals surface area contributed by atoms with Crippen molar-refractivity contribution in [3.63, 3.8) is 0 Å². The van der Waals surface area contributed by atoms with Crippen LogP contribution in [0.1, 0.15) is 43.9 Å². The molecule has 112 valence electrons. The average molecular weight is 300 g/mol. The van der Waals surface area contributed by atoms with Gasteiger partial charge < -0.3 is 4.52 Å². The highest BCUT2D eigenvalue weighted by atomic mass is 31.2. The number of rotatable bonds is 5. The van der Waals surface area contributed by atoms with Gasteiger partial charge in [0.2, 0.25) is 0 Å². The van der Waals surface area contributed by atoms with E-state index in [1.165, 1.54) is 6.92 Å². The van der Waals surface area contributed by atoms with Gasteiger partial charge in [-0.05, 0) is 38.0 Å². The second kappa shape index (κ2) is 5.68. The molecule has 5 nitrogen and oxygen atoms in total. The zero-order chi connectivity index (χ0) is 15.7. The molecule has 0 saturated carbocycles. The fraction of sp³-hybridized carbons (Fsp3) is 0.500. The molecular weight excluding hydrogens is 279 g/mol. The van der Waals surface area contributed by atoms with Crippen molar-refractivity contribution >= 4 is 13.6 Å². The Kier molecular flexibility index (Phi) is 4.80. The molecule has 6 heteroatoms. The van der Waals surface area contributed by atoms with Gasteiger partial charge >= 0.3 is 7.82 Å². The molecule has 0 aliphatic rings. The zero-order valence-corrected chi connectivity index (χ0v) is 13.3. The third-order valence-electron chi connectivity index (χ3n) is 3.03. The van der Waals surface area contributed by atoms with E-state index >= 15 is 0 Å². The normalized spacial score (nSPS) is 12.3. The van der Waals surface area contributed by atoms with Crippen molar-refractivity contribution in [2.45, 2.75) is 46.5 Å². The van der Waals surface area contributed by atoms with Crippen LogP contribution < -0.4 is 4.52 Å². The van der Waals surface area contributed by atoms with Crippen molar-refractivity contribution < 1.29 is 23.7 Å². The first kappa shape index (κ1) is 16.9. The predicted molar refractivity (Wildman–Crippen MR) is 76.9 cm³/mol. The van der Waals surface area contributed by atoms with Crippen LogP contribution in [0.2, 0.25) is 0 Å². The monoisotopic (exact) mass is 300 g/mol. The molecule has 0 saturated heterocycles. The van der Waals surface area contributed by atoms with Crippen LogP contribution in [0.25, 0.3) is 0 Å². The second-order valence-electron chi connectivity index (χ2n) is 5.80. The van der Waals surface area contributed by atoms with Crippen molar-refractivity contribution in [2.24, 2.45) is 0 Å². The minimum atomic E-state index is -4.64. The molecule has 0 amide bonds. The summed E-state index contributed by atoms with van der Waals surface area (Å²) in [4.78, 5) is 29.5. The topological polar surface area (TPSA) is 83.8 Å². The highest BCUT2D eigenvalue weighted by molar-refractivity contribution is 7.46. The summed E-state index contributed by atoms with van der Waals surface area (Å²) in [6.07, 6.45) is 0.272. The van der Waals surface area contributed by atoms with Crippen molar-refractivity contribution in [1.29, 1.82) is 0 Å². The lowest BCUT2D eigenvalue weighted by molar-refractivity contribution is -0.118. The Morgan fingerprint density at radius 2 is 1.85 bits per heavy atom. The van der Waals surface area contributed by atoms with Crippen LogP contribution >= 0.6 is 7.82 Å². The van der Waals surface area contributed by atoms with Gasteiger partial charge in [0.25, 0.3) is 0 Å². The van der Waals surface area contributed by atoms with Crippen LogP contribution in [-0.2, 0) is 14.8 Å². The number of carbonyl (C=O) groups excluding carboxylic acids is 1. The number of carbonyl (C=O) groups is 1. The molecule has 0 radical (unpaired) electrons. The minimum Gasteiger partial charge on any atom is -0.404 e. The number of hydrogen-bond donors (Lipinski definition) is 2. The number of hydrogen-bond acceptors (Lipinski definition) is 3. The van der Waals surface area contributed by atoms with Crippen LogP contribution in [0, 0.1) is 13.8 Å². The van der Waals surface area contributed by atoms with Gasteiger partial charge in [0.15, 0.2) is 0 Å². The fourth-order valence-electron chi connectivity index (χ4n) is 2.71. The largest absolute Gasteiger partial charge is 0.524 e. The summed E-state index contributed by atoms with van der Waals surface area (Å²) in [6.45, 7) is 8.88. The Labute approximate surface area is 119 Å². The quantitative estimate of drug-likeness (QED) is 0.817. The van der Waals surface area contributed by atoms with E-state index in [4.69, 9.17) is 14.3 Å². The Morgan fingerprint density at radius 1 is 1.30 bits per heavy atom. The zero-order valence-electron chi connectivity index (χ0n) is 12.4. The predicted octanol–water partition coefficient (Wildman–Crippen LogP) is 3.03. The lowest BCUT2D eigenvalue weighted by Gasteiger charge is -2.28. The number of aryl methyl sites for hydroxylation is 2. The van der Waals surface area contributed by atoms with E-state index in [9.17, 15) is 9.36 Å². The number of Topliss-reactive ketones (excluding diaryl/α,β-unsaturated/α-hetero) is 1. The van der Waals surface area contributed by atoms with Gasteiger partial charge in [0.05, 0.1) is 0 Å². The van der Waals surface area contributed by atoms with Crippen LogP contribution in [0.3, 0.4) is 0 Å². The molecule has 0 aliphatic heterocycles. The maximum atomic E-state index is 11.4. The summed E-state index contributed by atoms with van der Waals surface area (Å²) in [5, 5.41) is 0. The molecule has 2 N–H and O–H groups in total. The SMILES string of the molecule is CC(=O)CC(C)(C)c1c(C)cc(C)cc1OP(=O)(O)O. The van der Waals surface area contributed by atoms with E-state index in [1.807, 2.05) is 33.8 Å². The molecule has 0 spiro atoms. The average Bonchev–Trinajstić information content (AvgIpc) is 2.08. The standard InChI is InChI=1S/C14H21O5P/c1-9-6-10(2)13(14(4,5)8-11(3)15)12(7-9)19-20(16,17)18/h6-7H,8H2,1-5H3,(H2,16,17,18). The third kappa shape index (κ3) is 4.44. The molecule has 0 aliphatic carbocycles. The molecular formula is C14H21O5P. The summed E-state index contributed by atoms with van der Waals surface area (Å²) < 4.78 is 15.9. The summed E-state index contributed by atoms with van der Waals surface area (Å²) in [5.41, 5.74) is 1.78. The number of phosphoric ester groups is 1. The van der Waals surface area contributed by atoms with E-state index < -0.39 is 13.2 Å². The van der Waals surface area contributed by atoms with Gasteiger partial charge in [-0.3, -0.25) is 14.6 Å². The Hall–Kier alpha value is -1.16. The van der Waals surface area contributed by atoms with E-state index in [0.717, 1.165) is 11.1 Å². The van der Waals surface area contributed by atoms with Gasteiger partial charge in [-0.15, -0.1) is 0 Å². The number of ketones is 1. The molecule has 0 heterocycles. The van der Waals surface area contributed by atoms with Crippen LogP contribution in [0.5, 0.6) is 5.75 Å². The minimum absolute atomic E-state index is 0.0112. The fourth-order valence-corrected chi connectivity index (χ4v) is 3.11. The first-order valence-corrected chi connectivity index (χ1v) is 7.82. The molecule has 0 fully saturated rings. The van der Waals surface area contributed by atoms with Crippen molar-refractivity contribution in [3.8, 4) is 5.75 Å². The molecule has 0 aromatic heterocycles. The van der Waals surface area contributed by atoms with Gasteiger partial charge in [-0.25, -0.2) is 4.57 Å². The highest BCUT2D eigenvalue weighted by Gasteiger charge is 2.30. The molecule has 0 bridgehead atoms. The Morgan fingerprint density at radius 3 is 2.30 bits per heavy atom. The van der Waals surface area contributed by atoms with Gasteiger partial charge in [0.1, 0.15) is 11.5 Å². The lowest BCUT2D eigenvalue weighted by atomic mass is 9.77. The van der Waals surface area contributed by atoms with E-state index in [2.05, 4.69) is 0 Å². The van der Waals surface area contributed by atoms with Crippen LogP contribution in [0.15, 0.2) is 12.1 Å². The first-order chi connectivity index (χ1) is 8.92. The van der Waals surface area contributed by atoms with E-state index in [0.29, 0.717) is 5.56 Å². The highest BCUT2D eigenvalue weighted by Crippen LogP contribution is 2.45. The first-order valence-electron chi connectivity index (χ1n) is 6.29. The van der Waals surface area contributed by atoms with Crippen molar-refractivity contribution in [3.05, 3.63) is 28.8 Å². The molecule has 1 aromatic rings. The van der Waals surface area contributed by atoms with Gasteiger partial charge in [-0.2, -0.15) is 0 Å². The lowest BCUT2D eigenvalue weighted by Crippen LogP contribution is -2.23. The van der Waals surface area contributed by atoms with Gasteiger partial charge in [0, 0.05) is 17.4 Å². The third-order valence-corrected chi connectivity index (χ3v) is 3.46.